The van der Waals surface area contributed by atoms with E-state index in [0.717, 1.165) is 24.4 Å². The Hall–Kier alpha value is -2.41. The van der Waals surface area contributed by atoms with E-state index < -0.39 is 0 Å². The summed E-state index contributed by atoms with van der Waals surface area (Å²) in [6.07, 6.45) is 4.29. The van der Waals surface area contributed by atoms with Crippen molar-refractivity contribution in [2.24, 2.45) is 5.10 Å². The van der Waals surface area contributed by atoms with Crippen LogP contribution in [0.3, 0.4) is 0 Å². The molecule has 0 saturated carbocycles. The fourth-order valence-electron chi connectivity index (χ4n) is 3.73. The molecule has 2 aliphatic heterocycles. The number of benzene rings is 1. The molecule has 2 amide bonds. The topological polar surface area (TPSA) is 74.2 Å². The zero-order valence-corrected chi connectivity index (χ0v) is 16.1. The third-order valence-corrected chi connectivity index (χ3v) is 5.25. The van der Waals surface area contributed by atoms with Crippen molar-refractivity contribution in [3.8, 4) is 5.75 Å². The van der Waals surface area contributed by atoms with Gasteiger partial charge >= 0.3 is 0 Å². The SMILES string of the molecule is COc1ccccc1C(CNC(=O)C1=NN(C)C(=O)CC1)N1CCCCC1. The quantitative estimate of drug-likeness (QED) is 0.828. The summed E-state index contributed by atoms with van der Waals surface area (Å²) >= 11 is 0. The van der Waals surface area contributed by atoms with Crippen molar-refractivity contribution in [2.75, 3.05) is 33.8 Å². The number of rotatable bonds is 6. The Morgan fingerprint density at radius 1 is 1.22 bits per heavy atom. The number of methoxy groups -OCH3 is 1. The maximum atomic E-state index is 12.6. The molecule has 7 heteroatoms. The average molecular weight is 372 g/mol. The minimum atomic E-state index is -0.203. The van der Waals surface area contributed by atoms with Gasteiger partial charge in [-0.25, -0.2) is 5.01 Å². The van der Waals surface area contributed by atoms with Gasteiger partial charge in [0.25, 0.3) is 5.91 Å². The molecule has 2 aliphatic rings. The van der Waals surface area contributed by atoms with Crippen molar-refractivity contribution in [1.82, 2.24) is 15.2 Å². The molecule has 0 spiro atoms. The second-order valence-electron chi connectivity index (χ2n) is 7.03. The predicted octanol–water partition coefficient (Wildman–Crippen LogP) is 1.95. The molecule has 0 bridgehead atoms. The van der Waals surface area contributed by atoms with Gasteiger partial charge in [-0.3, -0.25) is 14.5 Å². The zero-order chi connectivity index (χ0) is 19.2. The molecule has 1 N–H and O–H groups in total. The number of likely N-dealkylation sites (tertiary alicyclic amines) is 1. The lowest BCUT2D eigenvalue weighted by atomic mass is 10.0. The number of nitrogens with zero attached hydrogens (tertiary/aromatic N) is 3. The van der Waals surface area contributed by atoms with E-state index in [1.54, 1.807) is 14.2 Å². The van der Waals surface area contributed by atoms with Crippen LogP contribution in [-0.4, -0.2) is 61.2 Å². The van der Waals surface area contributed by atoms with Crippen molar-refractivity contribution in [1.29, 1.82) is 0 Å². The second kappa shape index (κ2) is 8.99. The smallest absolute Gasteiger partial charge is 0.267 e. The van der Waals surface area contributed by atoms with Crippen LogP contribution in [0.1, 0.15) is 43.7 Å². The summed E-state index contributed by atoms with van der Waals surface area (Å²) < 4.78 is 5.56. The van der Waals surface area contributed by atoms with Crippen molar-refractivity contribution in [3.05, 3.63) is 29.8 Å². The highest BCUT2D eigenvalue weighted by molar-refractivity contribution is 6.39. The van der Waals surface area contributed by atoms with Crippen LogP contribution < -0.4 is 10.1 Å². The molecule has 1 unspecified atom stereocenters. The van der Waals surface area contributed by atoms with E-state index in [1.165, 1.54) is 24.3 Å². The molecular formula is C20H28N4O3. The van der Waals surface area contributed by atoms with Gasteiger partial charge in [0.2, 0.25) is 5.91 Å². The number of nitrogens with one attached hydrogen (secondary N) is 1. The van der Waals surface area contributed by atoms with Gasteiger partial charge < -0.3 is 10.1 Å². The fraction of sp³-hybridized carbons (Fsp3) is 0.550. The molecule has 1 fully saturated rings. The molecule has 1 atom stereocenters. The van der Waals surface area contributed by atoms with Gasteiger partial charge in [-0.2, -0.15) is 5.10 Å². The standard InChI is InChI=1S/C20H28N4O3/c1-23-19(25)11-10-16(22-23)20(26)21-14-17(24-12-6-3-7-13-24)15-8-4-5-9-18(15)27-2/h4-5,8-9,17H,3,6-7,10-14H2,1-2H3,(H,21,26). The number of carbonyl (C=O) groups excluding carboxylic acids is 2. The lowest BCUT2D eigenvalue weighted by Gasteiger charge is -2.35. The first-order valence-corrected chi connectivity index (χ1v) is 9.59. The van der Waals surface area contributed by atoms with Crippen LogP contribution in [0.2, 0.25) is 0 Å². The maximum Gasteiger partial charge on any atom is 0.267 e. The van der Waals surface area contributed by atoms with Crippen molar-refractivity contribution in [3.63, 3.8) is 0 Å². The first kappa shape index (κ1) is 19.4. The van der Waals surface area contributed by atoms with E-state index in [9.17, 15) is 9.59 Å². The van der Waals surface area contributed by atoms with E-state index in [4.69, 9.17) is 4.74 Å². The normalized spacial score (nSPS) is 19.4. The fourth-order valence-corrected chi connectivity index (χ4v) is 3.73. The number of para-hydroxylation sites is 1. The largest absolute Gasteiger partial charge is 0.496 e. The van der Waals surface area contributed by atoms with E-state index >= 15 is 0 Å². The van der Waals surface area contributed by atoms with Gasteiger partial charge in [0, 0.05) is 32.0 Å². The van der Waals surface area contributed by atoms with Crippen LogP contribution in [-0.2, 0) is 9.59 Å². The highest BCUT2D eigenvalue weighted by Gasteiger charge is 2.27. The lowest BCUT2D eigenvalue weighted by Crippen LogP contribution is -2.43. The molecule has 27 heavy (non-hydrogen) atoms. The summed E-state index contributed by atoms with van der Waals surface area (Å²) in [5, 5.41) is 8.39. The summed E-state index contributed by atoms with van der Waals surface area (Å²) in [5.74, 6) is 0.570. The van der Waals surface area contributed by atoms with Crippen molar-refractivity contribution < 1.29 is 14.3 Å². The van der Waals surface area contributed by atoms with Gasteiger partial charge in [0.05, 0.1) is 13.2 Å². The molecule has 1 aromatic rings. The van der Waals surface area contributed by atoms with Gasteiger partial charge in [0.1, 0.15) is 11.5 Å². The number of amides is 2. The summed E-state index contributed by atoms with van der Waals surface area (Å²) in [6.45, 7) is 2.50. The van der Waals surface area contributed by atoms with Crippen LogP contribution in [0.5, 0.6) is 5.75 Å². The van der Waals surface area contributed by atoms with Gasteiger partial charge in [0.15, 0.2) is 0 Å². The third kappa shape index (κ3) is 4.66. The molecule has 1 aromatic carbocycles. The van der Waals surface area contributed by atoms with E-state index in [2.05, 4.69) is 21.4 Å². The average Bonchev–Trinajstić information content (AvgIpc) is 2.71. The molecule has 3 rings (SSSR count). The van der Waals surface area contributed by atoms with Crippen LogP contribution in [0, 0.1) is 0 Å². The molecule has 146 valence electrons. The number of piperidine rings is 1. The van der Waals surface area contributed by atoms with E-state index in [0.29, 0.717) is 25.1 Å². The zero-order valence-electron chi connectivity index (χ0n) is 16.1. The molecule has 2 heterocycles. The molecule has 0 aromatic heterocycles. The first-order valence-electron chi connectivity index (χ1n) is 9.59. The maximum absolute atomic E-state index is 12.6. The Morgan fingerprint density at radius 3 is 2.67 bits per heavy atom. The van der Waals surface area contributed by atoms with Crippen LogP contribution in [0.4, 0.5) is 0 Å². The number of ether oxygens (including phenoxy) is 1. The molecule has 1 saturated heterocycles. The molecular weight excluding hydrogens is 344 g/mol. The van der Waals surface area contributed by atoms with Crippen molar-refractivity contribution in [2.45, 2.75) is 38.1 Å². The Kier molecular flexibility index (Phi) is 6.45. The van der Waals surface area contributed by atoms with Gasteiger partial charge in [-0.05, 0) is 32.0 Å². The molecule has 7 nitrogen and oxygen atoms in total. The Bertz CT molecular complexity index is 713. The Morgan fingerprint density at radius 2 is 1.96 bits per heavy atom. The highest BCUT2D eigenvalue weighted by atomic mass is 16.5. The van der Waals surface area contributed by atoms with Gasteiger partial charge in [-0.15, -0.1) is 0 Å². The van der Waals surface area contributed by atoms with Crippen LogP contribution >= 0.6 is 0 Å². The number of carbonyl (C=O) groups is 2. The third-order valence-electron chi connectivity index (χ3n) is 5.25. The highest BCUT2D eigenvalue weighted by Crippen LogP contribution is 2.30. The number of hydrogen-bond donors (Lipinski definition) is 1. The van der Waals surface area contributed by atoms with Crippen molar-refractivity contribution >= 4 is 17.5 Å². The number of hydrazone groups is 1. The molecule has 0 aliphatic carbocycles. The van der Waals surface area contributed by atoms with Gasteiger partial charge in [-0.1, -0.05) is 24.6 Å². The van der Waals surface area contributed by atoms with Crippen LogP contribution in [0.15, 0.2) is 29.4 Å². The second-order valence-corrected chi connectivity index (χ2v) is 7.03. The minimum absolute atomic E-state index is 0.0500. The van der Waals surface area contributed by atoms with Crippen LogP contribution in [0.25, 0.3) is 0 Å². The Labute approximate surface area is 160 Å². The van der Waals surface area contributed by atoms with E-state index in [1.807, 2.05) is 18.2 Å². The monoisotopic (exact) mass is 372 g/mol. The summed E-state index contributed by atoms with van der Waals surface area (Å²) in [6, 6.07) is 8.03. The predicted molar refractivity (Wildman–Crippen MR) is 104 cm³/mol. The first-order chi connectivity index (χ1) is 13.1. The summed E-state index contributed by atoms with van der Waals surface area (Å²) in [5.41, 5.74) is 1.49. The van der Waals surface area contributed by atoms with E-state index in [-0.39, 0.29) is 17.9 Å². The molecule has 0 radical (unpaired) electrons. The minimum Gasteiger partial charge on any atom is -0.496 e. The lowest BCUT2D eigenvalue weighted by molar-refractivity contribution is -0.130. The summed E-state index contributed by atoms with van der Waals surface area (Å²) in [7, 11) is 3.26. The number of hydrogen-bond acceptors (Lipinski definition) is 5. The summed E-state index contributed by atoms with van der Waals surface area (Å²) in [4.78, 5) is 26.6. The Balaban J connectivity index is 1.74.